The molecule has 2 aliphatic rings. The van der Waals surface area contributed by atoms with E-state index in [4.69, 9.17) is 9.84 Å². The number of aromatic carboxylic acids is 1. The molecule has 248 valence electrons. The lowest BCUT2D eigenvalue weighted by Crippen LogP contribution is -2.47. The summed E-state index contributed by atoms with van der Waals surface area (Å²) in [6.07, 6.45) is 0.778. The molecule has 2 heterocycles. The Morgan fingerprint density at radius 1 is 0.979 bits per heavy atom. The Morgan fingerprint density at radius 2 is 1.69 bits per heavy atom. The van der Waals surface area contributed by atoms with Crippen LogP contribution >= 0.6 is 0 Å². The van der Waals surface area contributed by atoms with Crippen LogP contribution in [0.15, 0.2) is 96.1 Å². The molecule has 4 aromatic carbocycles. The number of nitrogens with zero attached hydrogens (tertiary/aromatic N) is 4. The van der Waals surface area contributed by atoms with Crippen molar-refractivity contribution >= 4 is 39.9 Å². The quantitative estimate of drug-likeness (QED) is 0.0818. The molecular formula is C37H35F3N4O4. The van der Waals surface area contributed by atoms with Gasteiger partial charge in [-0.1, -0.05) is 42.5 Å². The molecule has 0 bridgehead atoms. The van der Waals surface area contributed by atoms with Gasteiger partial charge in [-0.2, -0.15) is 5.10 Å². The number of hydrogen-bond acceptors (Lipinski definition) is 6. The van der Waals surface area contributed by atoms with E-state index in [1.165, 1.54) is 23.1 Å². The molecule has 8 nitrogen and oxygen atoms in total. The number of benzene rings is 4. The van der Waals surface area contributed by atoms with Crippen molar-refractivity contribution in [1.82, 2.24) is 4.90 Å². The highest BCUT2D eigenvalue weighted by molar-refractivity contribution is 6.03. The van der Waals surface area contributed by atoms with E-state index in [0.29, 0.717) is 56.8 Å². The predicted octanol–water partition coefficient (Wildman–Crippen LogP) is 7.62. The van der Waals surface area contributed by atoms with Crippen LogP contribution in [0.4, 0.5) is 29.3 Å². The zero-order chi connectivity index (χ0) is 34.0. The third-order valence-electron chi connectivity index (χ3n) is 8.95. The molecule has 11 heteroatoms. The molecule has 1 amide bonds. The van der Waals surface area contributed by atoms with Gasteiger partial charge in [-0.15, -0.1) is 0 Å². The fraction of sp³-hybridized carbons (Fsp3) is 0.270. The first-order valence-electron chi connectivity index (χ1n) is 15.8. The average Bonchev–Trinajstić information content (AvgIpc) is 3.41. The number of fused-ring (bicyclic) bond motifs is 1. The van der Waals surface area contributed by atoms with Crippen LogP contribution in [0.5, 0.6) is 0 Å². The Labute approximate surface area is 276 Å². The summed E-state index contributed by atoms with van der Waals surface area (Å²) >= 11 is 0. The maximum Gasteiger partial charge on any atom is 0.415 e. The summed E-state index contributed by atoms with van der Waals surface area (Å²) in [6.45, 7) is 8.56. The molecule has 0 atom stereocenters. The number of carbonyl (C=O) groups is 2. The second-order valence-electron chi connectivity index (χ2n) is 12.2. The second kappa shape index (κ2) is 13.5. The molecule has 0 aromatic heterocycles. The van der Waals surface area contributed by atoms with Crippen molar-refractivity contribution in [3.05, 3.63) is 120 Å². The van der Waals surface area contributed by atoms with Gasteiger partial charge in [0.05, 0.1) is 23.5 Å². The van der Waals surface area contributed by atoms with Crippen molar-refractivity contribution in [3.8, 4) is 0 Å². The van der Waals surface area contributed by atoms with Crippen LogP contribution in [-0.4, -0.2) is 66.1 Å². The summed E-state index contributed by atoms with van der Waals surface area (Å²) < 4.78 is 49.4. The van der Waals surface area contributed by atoms with Crippen molar-refractivity contribution in [3.63, 3.8) is 0 Å². The molecule has 0 unspecified atom stereocenters. The smallest absolute Gasteiger partial charge is 0.415 e. The minimum Gasteiger partial charge on any atom is -0.478 e. The summed E-state index contributed by atoms with van der Waals surface area (Å²) in [5.41, 5.74) is 1.57. The number of hydrazone groups is 1. The molecule has 1 N–H and O–H groups in total. The van der Waals surface area contributed by atoms with Gasteiger partial charge in [0.1, 0.15) is 5.60 Å². The number of likely N-dealkylation sites (tertiary alicyclic amines) is 1. The second-order valence-corrected chi connectivity index (χ2v) is 12.2. The number of piperidine rings is 1. The topological polar surface area (TPSA) is 85.7 Å². The Bertz CT molecular complexity index is 1900. The van der Waals surface area contributed by atoms with Crippen LogP contribution in [0, 0.1) is 17.5 Å². The first-order chi connectivity index (χ1) is 23.1. The lowest BCUT2D eigenvalue weighted by Gasteiger charge is -2.37. The predicted molar refractivity (Wildman–Crippen MR) is 179 cm³/mol. The van der Waals surface area contributed by atoms with Gasteiger partial charge in [-0.25, -0.2) is 22.8 Å². The van der Waals surface area contributed by atoms with Crippen molar-refractivity contribution in [1.29, 1.82) is 0 Å². The highest BCUT2D eigenvalue weighted by atomic mass is 19.2. The number of anilines is 2. The van der Waals surface area contributed by atoms with E-state index < -0.39 is 35.1 Å². The molecule has 2 fully saturated rings. The fourth-order valence-corrected chi connectivity index (χ4v) is 6.32. The number of carboxylic acid groups (broad SMARTS) is 1. The third-order valence-corrected chi connectivity index (χ3v) is 8.95. The molecule has 1 spiro atoms. The monoisotopic (exact) mass is 656 g/mol. The Hall–Kier alpha value is -5.16. The van der Waals surface area contributed by atoms with E-state index in [0.717, 1.165) is 22.5 Å². The summed E-state index contributed by atoms with van der Waals surface area (Å²) in [7, 11) is 0. The fourth-order valence-electron chi connectivity index (χ4n) is 6.32. The molecular weight excluding hydrogens is 621 g/mol. The number of ether oxygens (including phenoxy) is 1. The third kappa shape index (κ3) is 6.77. The van der Waals surface area contributed by atoms with Crippen molar-refractivity contribution < 1.29 is 32.6 Å². The SMILES string of the molecule is C=C(C/C(=N\N(CC)c1ccc2ccccc2c1)c1ccc(F)c(F)c1F)CN1CCC2(CC1)CN(c1ccc(C(=O)O)cc1)C(=O)O2. The van der Waals surface area contributed by atoms with Crippen molar-refractivity contribution in [2.24, 2.45) is 5.10 Å². The van der Waals surface area contributed by atoms with E-state index in [2.05, 4.69) is 11.5 Å². The zero-order valence-electron chi connectivity index (χ0n) is 26.5. The Kier molecular flexibility index (Phi) is 9.23. The largest absolute Gasteiger partial charge is 0.478 e. The summed E-state index contributed by atoms with van der Waals surface area (Å²) in [6, 6.07) is 21.9. The lowest BCUT2D eigenvalue weighted by molar-refractivity contribution is 0.00299. The maximum atomic E-state index is 15.2. The van der Waals surface area contributed by atoms with Gasteiger partial charge in [0.15, 0.2) is 17.5 Å². The average molecular weight is 657 g/mol. The first-order valence-corrected chi connectivity index (χ1v) is 15.8. The van der Waals surface area contributed by atoms with E-state index in [-0.39, 0.29) is 23.3 Å². The number of amides is 1. The van der Waals surface area contributed by atoms with Crippen LogP contribution in [0.2, 0.25) is 0 Å². The molecule has 48 heavy (non-hydrogen) atoms. The molecule has 2 saturated heterocycles. The van der Waals surface area contributed by atoms with Gasteiger partial charge in [-0.3, -0.25) is 14.8 Å². The van der Waals surface area contributed by atoms with Crippen LogP contribution < -0.4 is 9.91 Å². The number of rotatable bonds is 10. The first kappa shape index (κ1) is 32.8. The van der Waals surface area contributed by atoms with E-state index in [1.54, 1.807) is 17.1 Å². The maximum absolute atomic E-state index is 15.2. The number of carbonyl (C=O) groups excluding carboxylic acids is 1. The zero-order valence-corrected chi connectivity index (χ0v) is 26.5. The summed E-state index contributed by atoms with van der Waals surface area (Å²) in [5, 5.41) is 17.7. The van der Waals surface area contributed by atoms with Crippen molar-refractivity contribution in [2.45, 2.75) is 31.8 Å². The van der Waals surface area contributed by atoms with Gasteiger partial charge >= 0.3 is 12.1 Å². The molecule has 4 aromatic rings. The Balaban J connectivity index is 1.16. The van der Waals surface area contributed by atoms with Crippen molar-refractivity contribution in [2.75, 3.05) is 42.6 Å². The van der Waals surface area contributed by atoms with E-state index >= 15 is 4.39 Å². The normalized spacial score (nSPS) is 16.4. The number of halogens is 3. The van der Waals surface area contributed by atoms with Gasteiger partial charge < -0.3 is 9.84 Å². The van der Waals surface area contributed by atoms with E-state index in [1.807, 2.05) is 49.4 Å². The van der Waals surface area contributed by atoms with E-state index in [9.17, 15) is 23.5 Å². The summed E-state index contributed by atoms with van der Waals surface area (Å²) in [5.74, 6) is -5.18. The highest BCUT2D eigenvalue weighted by Crippen LogP contribution is 2.36. The molecule has 6 rings (SSSR count). The van der Waals surface area contributed by atoms with Gasteiger partial charge in [0.2, 0.25) is 0 Å². The molecule has 0 radical (unpaired) electrons. The van der Waals surface area contributed by atoms with Crippen LogP contribution in [0.25, 0.3) is 10.8 Å². The summed E-state index contributed by atoms with van der Waals surface area (Å²) in [4.78, 5) is 27.7. The lowest BCUT2D eigenvalue weighted by atomic mass is 9.90. The molecule has 0 saturated carbocycles. The Morgan fingerprint density at radius 3 is 2.38 bits per heavy atom. The van der Waals surface area contributed by atoms with Crippen LogP contribution in [-0.2, 0) is 4.74 Å². The molecule has 2 aliphatic heterocycles. The highest BCUT2D eigenvalue weighted by Gasteiger charge is 2.47. The van der Waals surface area contributed by atoms with Gasteiger partial charge in [-0.05, 0) is 66.2 Å². The van der Waals surface area contributed by atoms with Gasteiger partial charge in [0.25, 0.3) is 0 Å². The number of hydrogen-bond donors (Lipinski definition) is 1. The minimum atomic E-state index is -1.56. The molecule has 0 aliphatic carbocycles. The minimum absolute atomic E-state index is 0.114. The van der Waals surface area contributed by atoms with Crippen LogP contribution in [0.3, 0.4) is 0 Å². The number of carboxylic acids is 1. The standard InChI is InChI=1S/C37H35F3N4O4/c1-3-44(29-13-8-25-6-4-5-7-27(25)21-29)41-32(30-14-15-31(38)34(40)33(30)39)20-24(2)22-42-18-16-37(17-19-42)23-43(36(47)48-37)28-11-9-26(10-12-28)35(45)46/h4-15,21H,2-3,16-20,22-23H2,1H3,(H,45,46)/b41-32+. The van der Waals surface area contributed by atoms with Gasteiger partial charge in [0, 0.05) is 56.7 Å². The van der Waals surface area contributed by atoms with Crippen LogP contribution in [0.1, 0.15) is 42.1 Å².